The SMILES string of the molecule is CCOC(=O)[C@@H](O[C@H]1[C@@H](OC(C)=O)O[C@H](COC(C)=O)[C@@H](OCc2ccccc2)[C@@H]1OC(=O)c1ccccc1)c1ccccc1. The molecule has 0 saturated carbocycles. The third kappa shape index (κ3) is 9.45. The van der Waals surface area contributed by atoms with Crippen LogP contribution in [0.4, 0.5) is 0 Å². The summed E-state index contributed by atoms with van der Waals surface area (Å²) in [4.78, 5) is 50.9. The number of ether oxygens (including phenoxy) is 7. The molecule has 0 aromatic heterocycles. The van der Waals surface area contributed by atoms with Gasteiger partial charge in [-0.1, -0.05) is 78.9 Å². The Morgan fingerprint density at radius 2 is 1.36 bits per heavy atom. The van der Waals surface area contributed by atoms with Crippen molar-refractivity contribution in [2.24, 2.45) is 0 Å². The molecule has 1 aliphatic rings. The number of esters is 4. The summed E-state index contributed by atoms with van der Waals surface area (Å²) in [6.07, 6.45) is -7.75. The minimum absolute atomic E-state index is 0.0514. The smallest absolute Gasteiger partial charge is 0.339 e. The van der Waals surface area contributed by atoms with E-state index in [-0.39, 0.29) is 25.4 Å². The van der Waals surface area contributed by atoms with E-state index in [2.05, 4.69) is 0 Å². The molecule has 0 bridgehead atoms. The van der Waals surface area contributed by atoms with E-state index in [4.69, 9.17) is 33.2 Å². The van der Waals surface area contributed by atoms with E-state index in [1.807, 2.05) is 30.3 Å². The van der Waals surface area contributed by atoms with Crippen LogP contribution in [0, 0.1) is 0 Å². The van der Waals surface area contributed by atoms with Crippen molar-refractivity contribution in [1.82, 2.24) is 0 Å². The van der Waals surface area contributed by atoms with Gasteiger partial charge < -0.3 is 33.2 Å². The third-order valence-corrected chi connectivity index (χ3v) is 6.76. The summed E-state index contributed by atoms with van der Waals surface area (Å²) in [6, 6.07) is 26.0. The van der Waals surface area contributed by atoms with Crippen LogP contribution in [0.3, 0.4) is 0 Å². The van der Waals surface area contributed by atoms with Crippen molar-refractivity contribution in [2.45, 2.75) is 64.2 Å². The van der Waals surface area contributed by atoms with Crippen LogP contribution in [0.5, 0.6) is 0 Å². The molecule has 0 amide bonds. The molecule has 1 saturated heterocycles. The number of carbonyl (C=O) groups excluding carboxylic acids is 4. The van der Waals surface area contributed by atoms with Crippen molar-refractivity contribution < 1.29 is 52.3 Å². The highest BCUT2D eigenvalue weighted by Gasteiger charge is 2.53. The van der Waals surface area contributed by atoms with Crippen molar-refractivity contribution in [2.75, 3.05) is 13.2 Å². The second kappa shape index (κ2) is 16.5. The Hall–Kier alpha value is -4.58. The van der Waals surface area contributed by atoms with Crippen LogP contribution in [-0.2, 0) is 54.1 Å². The Bertz CT molecular complexity index is 1400. The first-order valence-corrected chi connectivity index (χ1v) is 14.5. The Balaban J connectivity index is 1.79. The maximum atomic E-state index is 13.5. The van der Waals surface area contributed by atoms with Crippen molar-refractivity contribution in [3.63, 3.8) is 0 Å². The summed E-state index contributed by atoms with van der Waals surface area (Å²) in [5.41, 5.74) is 1.47. The van der Waals surface area contributed by atoms with E-state index in [1.165, 1.54) is 13.8 Å². The second-order valence-electron chi connectivity index (χ2n) is 10.1. The molecule has 4 rings (SSSR count). The van der Waals surface area contributed by atoms with Crippen molar-refractivity contribution in [3.05, 3.63) is 108 Å². The summed E-state index contributed by atoms with van der Waals surface area (Å²) in [5, 5.41) is 0. The molecule has 0 radical (unpaired) electrons. The lowest BCUT2D eigenvalue weighted by molar-refractivity contribution is -0.314. The molecule has 45 heavy (non-hydrogen) atoms. The predicted octanol–water partition coefficient (Wildman–Crippen LogP) is 4.34. The molecule has 0 N–H and O–H groups in total. The zero-order valence-corrected chi connectivity index (χ0v) is 25.2. The van der Waals surface area contributed by atoms with Gasteiger partial charge >= 0.3 is 23.9 Å². The predicted molar refractivity (Wildman–Crippen MR) is 158 cm³/mol. The largest absolute Gasteiger partial charge is 0.464 e. The summed E-state index contributed by atoms with van der Waals surface area (Å²) < 4.78 is 41.0. The van der Waals surface area contributed by atoms with Crippen molar-refractivity contribution in [3.8, 4) is 0 Å². The second-order valence-corrected chi connectivity index (χ2v) is 10.1. The van der Waals surface area contributed by atoms with Gasteiger partial charge in [0.2, 0.25) is 6.29 Å². The number of benzene rings is 3. The Labute approximate surface area is 261 Å². The highest BCUT2D eigenvalue weighted by Crippen LogP contribution is 2.34. The van der Waals surface area contributed by atoms with Crippen LogP contribution in [-0.4, -0.2) is 67.8 Å². The lowest BCUT2D eigenvalue weighted by Gasteiger charge is -2.45. The van der Waals surface area contributed by atoms with Gasteiger partial charge in [0.25, 0.3) is 0 Å². The van der Waals surface area contributed by atoms with Gasteiger partial charge in [-0.15, -0.1) is 0 Å². The van der Waals surface area contributed by atoms with Crippen LogP contribution >= 0.6 is 0 Å². The average molecular weight is 621 g/mol. The first-order valence-electron chi connectivity index (χ1n) is 14.5. The van der Waals surface area contributed by atoms with Gasteiger partial charge in [-0.05, 0) is 30.2 Å². The van der Waals surface area contributed by atoms with E-state index in [0.717, 1.165) is 5.56 Å². The zero-order valence-electron chi connectivity index (χ0n) is 25.2. The van der Waals surface area contributed by atoms with Crippen molar-refractivity contribution in [1.29, 1.82) is 0 Å². The van der Waals surface area contributed by atoms with E-state index in [9.17, 15) is 19.2 Å². The minimum Gasteiger partial charge on any atom is -0.464 e. The molecule has 238 valence electrons. The Morgan fingerprint density at radius 3 is 1.96 bits per heavy atom. The van der Waals surface area contributed by atoms with Crippen LogP contribution in [0.2, 0.25) is 0 Å². The molecular weight excluding hydrogens is 584 g/mol. The van der Waals surface area contributed by atoms with Crippen LogP contribution in [0.15, 0.2) is 91.0 Å². The van der Waals surface area contributed by atoms with Gasteiger partial charge in [-0.3, -0.25) is 9.59 Å². The maximum absolute atomic E-state index is 13.5. The average Bonchev–Trinajstić information content (AvgIpc) is 3.04. The number of hydrogen-bond acceptors (Lipinski definition) is 11. The van der Waals surface area contributed by atoms with Crippen LogP contribution < -0.4 is 0 Å². The molecule has 11 heteroatoms. The summed E-state index contributed by atoms with van der Waals surface area (Å²) >= 11 is 0. The molecule has 1 aliphatic heterocycles. The maximum Gasteiger partial charge on any atom is 0.339 e. The molecule has 1 heterocycles. The third-order valence-electron chi connectivity index (χ3n) is 6.76. The van der Waals surface area contributed by atoms with Crippen LogP contribution in [0.25, 0.3) is 0 Å². The molecule has 1 fully saturated rings. The Kier molecular flexibility index (Phi) is 12.2. The van der Waals surface area contributed by atoms with E-state index in [1.54, 1.807) is 67.6 Å². The van der Waals surface area contributed by atoms with E-state index in [0.29, 0.717) is 5.56 Å². The molecule has 11 nitrogen and oxygen atoms in total. The lowest BCUT2D eigenvalue weighted by atomic mass is 9.97. The monoisotopic (exact) mass is 620 g/mol. The molecule has 3 aromatic rings. The van der Waals surface area contributed by atoms with E-state index < -0.39 is 60.7 Å². The van der Waals surface area contributed by atoms with Crippen molar-refractivity contribution >= 4 is 23.9 Å². The molecule has 0 aliphatic carbocycles. The molecule has 3 aromatic carbocycles. The van der Waals surface area contributed by atoms with Gasteiger partial charge in [0.1, 0.15) is 18.8 Å². The quantitative estimate of drug-likeness (QED) is 0.200. The van der Waals surface area contributed by atoms with E-state index >= 15 is 0 Å². The van der Waals surface area contributed by atoms with Crippen LogP contribution in [0.1, 0.15) is 48.4 Å². The number of carbonyl (C=O) groups is 4. The first kappa shape index (κ1) is 33.3. The fraction of sp³-hybridized carbons (Fsp3) is 0.353. The van der Waals surface area contributed by atoms with Gasteiger partial charge in [-0.25, -0.2) is 9.59 Å². The highest BCUT2D eigenvalue weighted by atomic mass is 16.7. The fourth-order valence-electron chi connectivity index (χ4n) is 4.76. The normalized spacial score (nSPS) is 21.6. The van der Waals surface area contributed by atoms with Gasteiger partial charge in [0, 0.05) is 13.8 Å². The molecule has 6 atom stereocenters. The highest BCUT2D eigenvalue weighted by molar-refractivity contribution is 5.89. The number of hydrogen-bond donors (Lipinski definition) is 0. The molecular formula is C34H36O11. The standard InChI is InChI=1S/C34H36O11/c1-4-39-33(38)28(25-16-10-6-11-17-25)44-31-30(45-32(37)26-18-12-7-13-19-26)29(41-20-24-14-8-5-9-15-24)27(21-40-22(2)35)43-34(31)42-23(3)36/h5-19,27-31,34H,4,20-21H2,1-3H3/t27-,28+,29-,30+,31-,34+/m1/s1. The lowest BCUT2D eigenvalue weighted by Crippen LogP contribution is -2.63. The topological polar surface area (TPSA) is 133 Å². The molecule has 0 spiro atoms. The Morgan fingerprint density at radius 1 is 0.733 bits per heavy atom. The van der Waals surface area contributed by atoms with Gasteiger partial charge in [-0.2, -0.15) is 0 Å². The van der Waals surface area contributed by atoms with Gasteiger partial charge in [0.15, 0.2) is 18.3 Å². The minimum atomic E-state index is -1.51. The van der Waals surface area contributed by atoms with Gasteiger partial charge in [0.05, 0.1) is 18.8 Å². The summed E-state index contributed by atoms with van der Waals surface area (Å²) in [5.74, 6) is -2.78. The summed E-state index contributed by atoms with van der Waals surface area (Å²) in [6.45, 7) is 3.86. The molecule has 0 unspecified atom stereocenters. The first-order chi connectivity index (χ1) is 21.8. The zero-order chi connectivity index (χ0) is 32.2. The fourth-order valence-corrected chi connectivity index (χ4v) is 4.76. The summed E-state index contributed by atoms with van der Waals surface area (Å²) in [7, 11) is 0. The number of rotatable bonds is 13.